The van der Waals surface area contributed by atoms with E-state index in [0.717, 1.165) is 60.8 Å². The van der Waals surface area contributed by atoms with E-state index >= 15 is 0 Å². The lowest BCUT2D eigenvalue weighted by atomic mass is 9.47. The fourth-order valence-electron chi connectivity index (χ4n) is 10.7. The standard InChI is InChI=1S/C43H70NO8P.H2O/c1-31(2)13-12-14-32(3)38-19-20-39-37-18-17-34-27-35(21-23-42(34,4)40(37)22-24-43(38,39)5)52-41(45)49-29-36(48-28-33-15-10-9-11-16-33)30-51-53(46,47)50-26-25-44(6,7)8;/h9-11,15-17,31-32,35-40H,12-14,18-30H2,1-8H3;1H2/t32-,35+,36?,37?,38-,39?,40?,42+,43-;/m1./s1. The number of benzene rings is 1. The Morgan fingerprint density at radius 2 is 1.70 bits per heavy atom. The van der Waals surface area contributed by atoms with Gasteiger partial charge in [0, 0.05) is 6.42 Å². The Morgan fingerprint density at radius 1 is 0.963 bits per heavy atom. The number of hydrogen-bond acceptors (Lipinski definition) is 8. The summed E-state index contributed by atoms with van der Waals surface area (Å²) in [6, 6.07) is 9.57. The SMILES string of the molecule is CC(C)CCC[C@@H](C)[C@H]1CCC2C3CC=C4C[C@@H](OC(=O)OCC(COP(=O)(O)OCC[N+](C)(C)C)OCc5ccccc5)CC[C@]4(C)C3CC[C@@]21C.[OH-]. The predicted octanol–water partition coefficient (Wildman–Crippen LogP) is 9.80. The van der Waals surface area contributed by atoms with E-state index in [2.05, 4.69) is 40.7 Å². The van der Waals surface area contributed by atoms with Crippen LogP contribution in [-0.4, -0.2) is 80.7 Å². The van der Waals surface area contributed by atoms with Crippen molar-refractivity contribution < 1.29 is 47.5 Å². The summed E-state index contributed by atoms with van der Waals surface area (Å²) in [6.07, 6.45) is 14.0. The summed E-state index contributed by atoms with van der Waals surface area (Å²) in [6.45, 7) is 12.7. The van der Waals surface area contributed by atoms with Gasteiger partial charge in [-0.1, -0.05) is 95.9 Å². The number of hydrogen-bond donors (Lipinski definition) is 1. The van der Waals surface area contributed by atoms with E-state index in [9.17, 15) is 14.3 Å². The average molecular weight is 778 g/mol. The molecule has 1 aromatic rings. The number of rotatable bonds is 18. The van der Waals surface area contributed by atoms with Crippen LogP contribution in [0.2, 0.25) is 0 Å². The van der Waals surface area contributed by atoms with Crippen molar-refractivity contribution in [3.63, 3.8) is 0 Å². The molecule has 0 aliphatic heterocycles. The maximum atomic E-state index is 13.0. The number of ether oxygens (including phenoxy) is 3. The minimum absolute atomic E-state index is 0. The first kappa shape index (κ1) is 44.9. The first-order chi connectivity index (χ1) is 25.0. The number of phosphoric ester groups is 1. The summed E-state index contributed by atoms with van der Waals surface area (Å²) in [4.78, 5) is 23.3. The molecule has 0 radical (unpaired) electrons. The van der Waals surface area contributed by atoms with E-state index in [4.69, 9.17) is 23.3 Å². The molecule has 0 spiro atoms. The quantitative estimate of drug-likeness (QED) is 0.0670. The summed E-state index contributed by atoms with van der Waals surface area (Å²) in [5, 5.41) is 0. The van der Waals surface area contributed by atoms with Gasteiger partial charge in [0.25, 0.3) is 0 Å². The van der Waals surface area contributed by atoms with Crippen molar-refractivity contribution in [2.75, 3.05) is 47.5 Å². The van der Waals surface area contributed by atoms with Gasteiger partial charge in [-0.15, -0.1) is 0 Å². The molecule has 10 nitrogen and oxygen atoms in total. The van der Waals surface area contributed by atoms with Crippen molar-refractivity contribution in [2.24, 2.45) is 46.3 Å². The third-order valence-corrected chi connectivity index (χ3v) is 14.7. The smallest absolute Gasteiger partial charge is 0.508 e. The normalized spacial score (nSPS) is 31.5. The van der Waals surface area contributed by atoms with Crippen LogP contribution in [0.3, 0.4) is 0 Å². The van der Waals surface area contributed by atoms with Gasteiger partial charge in [-0.05, 0) is 96.8 Å². The highest BCUT2D eigenvalue weighted by Gasteiger charge is 2.59. The molecule has 4 aliphatic rings. The monoisotopic (exact) mass is 777 g/mol. The van der Waals surface area contributed by atoms with Crippen LogP contribution in [0.15, 0.2) is 42.0 Å². The lowest BCUT2D eigenvalue weighted by Gasteiger charge is -2.58. The zero-order valence-corrected chi connectivity index (χ0v) is 35.4. The highest BCUT2D eigenvalue weighted by Crippen LogP contribution is 2.67. The van der Waals surface area contributed by atoms with Crippen molar-refractivity contribution in [2.45, 2.75) is 124 Å². The van der Waals surface area contributed by atoms with Gasteiger partial charge < -0.3 is 29.1 Å². The van der Waals surface area contributed by atoms with E-state index in [0.29, 0.717) is 22.4 Å². The number of allylic oxidation sites excluding steroid dienone is 1. The Morgan fingerprint density at radius 3 is 2.41 bits per heavy atom. The van der Waals surface area contributed by atoms with Gasteiger partial charge in [0.05, 0.1) is 34.4 Å². The second kappa shape index (κ2) is 19.1. The van der Waals surface area contributed by atoms with Crippen molar-refractivity contribution in [3.8, 4) is 0 Å². The Labute approximate surface area is 326 Å². The van der Waals surface area contributed by atoms with Crippen LogP contribution in [0.1, 0.15) is 111 Å². The van der Waals surface area contributed by atoms with E-state index in [1.165, 1.54) is 50.5 Å². The lowest BCUT2D eigenvalue weighted by molar-refractivity contribution is -0.870. The summed E-state index contributed by atoms with van der Waals surface area (Å²) >= 11 is 0. The van der Waals surface area contributed by atoms with Crippen LogP contribution in [0.25, 0.3) is 0 Å². The number of carbonyl (C=O) groups is 1. The molecule has 0 bridgehead atoms. The van der Waals surface area contributed by atoms with Crippen molar-refractivity contribution in [3.05, 3.63) is 47.5 Å². The molecule has 308 valence electrons. The largest absolute Gasteiger partial charge is 0.870 e. The zero-order valence-electron chi connectivity index (χ0n) is 34.5. The lowest BCUT2D eigenvalue weighted by Crippen LogP contribution is -2.51. The number of nitrogens with zero attached hydrogens (tertiary/aromatic N) is 1. The first-order valence-corrected chi connectivity index (χ1v) is 22.1. The second-order valence-electron chi connectivity index (χ2n) is 18.9. The molecule has 5 unspecified atom stereocenters. The van der Waals surface area contributed by atoms with Crippen molar-refractivity contribution >= 4 is 14.0 Å². The molecule has 0 amide bonds. The first-order valence-electron chi connectivity index (χ1n) is 20.6. The molecular weight excluding hydrogens is 705 g/mol. The molecule has 3 saturated carbocycles. The molecule has 4 aliphatic carbocycles. The molecule has 2 N–H and O–H groups in total. The number of phosphoric acid groups is 1. The fraction of sp³-hybridized carbons (Fsp3) is 0.791. The van der Waals surface area contributed by atoms with E-state index in [1.807, 2.05) is 51.5 Å². The fourth-order valence-corrected chi connectivity index (χ4v) is 11.4. The van der Waals surface area contributed by atoms with Gasteiger partial charge >= 0.3 is 14.0 Å². The van der Waals surface area contributed by atoms with E-state index in [1.54, 1.807) is 0 Å². The average Bonchev–Trinajstić information content (AvgIpc) is 3.45. The maximum absolute atomic E-state index is 13.0. The molecule has 3 fully saturated rings. The molecule has 1 aromatic carbocycles. The number of fused-ring (bicyclic) bond motifs is 5. The Kier molecular flexibility index (Phi) is 15.9. The minimum Gasteiger partial charge on any atom is -0.870 e. The van der Waals surface area contributed by atoms with Gasteiger partial charge in [-0.3, -0.25) is 9.05 Å². The predicted molar refractivity (Wildman–Crippen MR) is 211 cm³/mol. The van der Waals surface area contributed by atoms with Crippen molar-refractivity contribution in [1.29, 1.82) is 0 Å². The molecular formula is C43H72NO9P. The molecule has 10 atom stereocenters. The zero-order chi connectivity index (χ0) is 38.4. The second-order valence-corrected chi connectivity index (χ2v) is 20.3. The number of likely N-dealkylation sites (N-methyl/N-ethyl adjacent to an activating group) is 1. The van der Waals surface area contributed by atoms with E-state index in [-0.39, 0.29) is 43.4 Å². The molecule has 11 heteroatoms. The highest BCUT2D eigenvalue weighted by atomic mass is 31.2. The van der Waals surface area contributed by atoms with Crippen molar-refractivity contribution in [1.82, 2.24) is 0 Å². The van der Waals surface area contributed by atoms with Crippen LogP contribution in [0, 0.1) is 46.3 Å². The summed E-state index contributed by atoms with van der Waals surface area (Å²) in [5.74, 6) is 4.72. The topological polar surface area (TPSA) is 131 Å². The maximum Gasteiger partial charge on any atom is 0.508 e. The van der Waals surface area contributed by atoms with Gasteiger partial charge in [-0.2, -0.15) is 0 Å². The Hall–Kier alpha value is -1.78. The van der Waals surface area contributed by atoms with Crippen LogP contribution >= 0.6 is 7.82 Å². The Bertz CT molecular complexity index is 1420. The molecule has 5 rings (SSSR count). The van der Waals surface area contributed by atoms with Gasteiger partial charge in [0.1, 0.15) is 32.0 Å². The molecule has 0 saturated heterocycles. The van der Waals surface area contributed by atoms with E-state index < -0.39 is 20.1 Å². The van der Waals surface area contributed by atoms with Crippen LogP contribution in [0.4, 0.5) is 4.79 Å². The minimum atomic E-state index is -4.33. The highest BCUT2D eigenvalue weighted by molar-refractivity contribution is 7.47. The summed E-state index contributed by atoms with van der Waals surface area (Å²) in [7, 11) is 1.58. The van der Waals surface area contributed by atoms with Crippen LogP contribution in [0.5, 0.6) is 0 Å². The molecule has 0 heterocycles. The molecule has 0 aromatic heterocycles. The van der Waals surface area contributed by atoms with Gasteiger partial charge in [0.2, 0.25) is 0 Å². The summed E-state index contributed by atoms with van der Waals surface area (Å²) < 4.78 is 41.1. The third kappa shape index (κ3) is 11.6. The third-order valence-electron chi connectivity index (χ3n) is 13.7. The Balaban J connectivity index is 0.00000650. The number of carbonyl (C=O) groups excluding carboxylic acids is 1. The summed E-state index contributed by atoms with van der Waals surface area (Å²) in [5.41, 5.74) is 3.01. The van der Waals surface area contributed by atoms with Crippen LogP contribution < -0.4 is 0 Å². The van der Waals surface area contributed by atoms with Gasteiger partial charge in [-0.25, -0.2) is 9.36 Å². The van der Waals surface area contributed by atoms with Crippen LogP contribution in [-0.2, 0) is 34.4 Å². The molecule has 54 heavy (non-hydrogen) atoms. The van der Waals surface area contributed by atoms with Gasteiger partial charge in [0.15, 0.2) is 0 Å². The number of quaternary nitrogens is 1.